The van der Waals surface area contributed by atoms with Gasteiger partial charge in [-0.3, -0.25) is 9.59 Å². The molecule has 20 heavy (non-hydrogen) atoms. The van der Waals surface area contributed by atoms with E-state index in [0.29, 0.717) is 12.3 Å². The maximum atomic E-state index is 11.9. The molecule has 4 heteroatoms. The monoisotopic (exact) mass is 277 g/mol. The van der Waals surface area contributed by atoms with E-state index in [4.69, 9.17) is 5.11 Å². The van der Waals surface area contributed by atoms with Crippen LogP contribution in [0.2, 0.25) is 0 Å². The van der Waals surface area contributed by atoms with Gasteiger partial charge in [0.1, 0.15) is 0 Å². The molecule has 1 amide bonds. The van der Waals surface area contributed by atoms with Crippen molar-refractivity contribution in [2.45, 2.75) is 45.6 Å². The van der Waals surface area contributed by atoms with Gasteiger partial charge in [0.05, 0.1) is 6.04 Å². The van der Waals surface area contributed by atoms with E-state index in [1.807, 2.05) is 30.3 Å². The Bertz CT molecular complexity index is 429. The summed E-state index contributed by atoms with van der Waals surface area (Å²) >= 11 is 0. The molecule has 0 aliphatic rings. The number of aliphatic carboxylic acids is 1. The van der Waals surface area contributed by atoms with E-state index < -0.39 is 5.97 Å². The lowest BCUT2D eigenvalue weighted by molar-refractivity contribution is -0.137. The van der Waals surface area contributed by atoms with Crippen LogP contribution in [0.3, 0.4) is 0 Å². The first-order chi connectivity index (χ1) is 9.49. The van der Waals surface area contributed by atoms with Gasteiger partial charge in [0.15, 0.2) is 0 Å². The van der Waals surface area contributed by atoms with Gasteiger partial charge in [-0.2, -0.15) is 0 Å². The summed E-state index contributed by atoms with van der Waals surface area (Å²) < 4.78 is 0. The molecule has 0 fully saturated rings. The molecule has 0 saturated heterocycles. The molecule has 0 spiro atoms. The number of hydrogen-bond acceptors (Lipinski definition) is 2. The van der Waals surface area contributed by atoms with Gasteiger partial charge in [0.25, 0.3) is 0 Å². The fourth-order valence-electron chi connectivity index (χ4n) is 2.10. The van der Waals surface area contributed by atoms with Gasteiger partial charge >= 0.3 is 5.97 Å². The van der Waals surface area contributed by atoms with Crippen molar-refractivity contribution in [2.75, 3.05) is 0 Å². The van der Waals surface area contributed by atoms with Gasteiger partial charge < -0.3 is 10.4 Å². The van der Waals surface area contributed by atoms with E-state index in [0.717, 1.165) is 12.0 Å². The minimum atomic E-state index is -0.861. The number of rotatable bonds is 8. The first-order valence-corrected chi connectivity index (χ1v) is 7.05. The van der Waals surface area contributed by atoms with E-state index in [2.05, 4.69) is 19.2 Å². The molecule has 1 rings (SSSR count). The second-order valence-corrected chi connectivity index (χ2v) is 5.41. The molecule has 0 saturated carbocycles. The molecule has 1 atom stereocenters. The highest BCUT2D eigenvalue weighted by Crippen LogP contribution is 2.21. The van der Waals surface area contributed by atoms with Gasteiger partial charge in [-0.05, 0) is 24.3 Å². The third kappa shape index (κ3) is 6.36. The Hall–Kier alpha value is -1.84. The molecule has 0 aliphatic carbocycles. The fraction of sp³-hybridized carbons (Fsp3) is 0.500. The molecule has 4 nitrogen and oxygen atoms in total. The van der Waals surface area contributed by atoms with Crippen molar-refractivity contribution in [2.24, 2.45) is 5.92 Å². The molecular weight excluding hydrogens is 254 g/mol. The van der Waals surface area contributed by atoms with Crippen LogP contribution in [0.1, 0.15) is 51.1 Å². The summed E-state index contributed by atoms with van der Waals surface area (Å²) in [7, 11) is 0. The second-order valence-electron chi connectivity index (χ2n) is 5.41. The van der Waals surface area contributed by atoms with E-state index in [-0.39, 0.29) is 24.8 Å². The van der Waals surface area contributed by atoms with Gasteiger partial charge in [-0.15, -0.1) is 0 Å². The Balaban J connectivity index is 2.57. The van der Waals surface area contributed by atoms with Crippen molar-refractivity contribution in [3.05, 3.63) is 35.9 Å². The molecule has 1 unspecified atom stereocenters. The van der Waals surface area contributed by atoms with Crippen LogP contribution in [-0.2, 0) is 9.59 Å². The van der Waals surface area contributed by atoms with Crippen molar-refractivity contribution >= 4 is 11.9 Å². The van der Waals surface area contributed by atoms with Crippen molar-refractivity contribution in [1.29, 1.82) is 0 Å². The van der Waals surface area contributed by atoms with Crippen LogP contribution in [0.15, 0.2) is 30.3 Å². The van der Waals surface area contributed by atoms with Gasteiger partial charge in [-0.25, -0.2) is 0 Å². The van der Waals surface area contributed by atoms with Crippen LogP contribution in [-0.4, -0.2) is 17.0 Å². The number of nitrogens with one attached hydrogen (secondary N) is 1. The number of carboxylic acids is 1. The summed E-state index contributed by atoms with van der Waals surface area (Å²) in [5.74, 6) is -0.472. The van der Waals surface area contributed by atoms with E-state index in [1.54, 1.807) is 0 Å². The Kier molecular flexibility index (Phi) is 6.77. The normalized spacial score (nSPS) is 12.2. The number of carbonyl (C=O) groups is 2. The summed E-state index contributed by atoms with van der Waals surface area (Å²) in [5, 5.41) is 11.6. The predicted octanol–water partition coefficient (Wildman–Crippen LogP) is 3.14. The zero-order valence-electron chi connectivity index (χ0n) is 12.1. The van der Waals surface area contributed by atoms with E-state index in [1.165, 1.54) is 0 Å². The molecule has 1 aromatic carbocycles. The van der Waals surface area contributed by atoms with Crippen molar-refractivity contribution in [1.82, 2.24) is 5.32 Å². The SMILES string of the molecule is CC(C)CC(NC(=O)CCCC(=O)O)c1ccccc1. The van der Waals surface area contributed by atoms with E-state index >= 15 is 0 Å². The molecule has 2 N–H and O–H groups in total. The zero-order chi connectivity index (χ0) is 15.0. The first kappa shape index (κ1) is 16.2. The van der Waals surface area contributed by atoms with Crippen LogP contribution in [0.4, 0.5) is 0 Å². The third-order valence-corrected chi connectivity index (χ3v) is 3.04. The lowest BCUT2D eigenvalue weighted by Gasteiger charge is -2.21. The van der Waals surface area contributed by atoms with Crippen LogP contribution in [0.25, 0.3) is 0 Å². The zero-order valence-corrected chi connectivity index (χ0v) is 12.1. The maximum absolute atomic E-state index is 11.9. The summed E-state index contributed by atoms with van der Waals surface area (Å²) in [4.78, 5) is 22.3. The molecule has 0 radical (unpaired) electrons. The highest BCUT2D eigenvalue weighted by Gasteiger charge is 2.15. The Morgan fingerprint density at radius 1 is 1.15 bits per heavy atom. The van der Waals surface area contributed by atoms with Gasteiger partial charge in [0.2, 0.25) is 5.91 Å². The van der Waals surface area contributed by atoms with Crippen LogP contribution in [0.5, 0.6) is 0 Å². The molecule has 0 heterocycles. The lowest BCUT2D eigenvalue weighted by atomic mass is 9.97. The number of amides is 1. The van der Waals surface area contributed by atoms with Gasteiger partial charge in [0, 0.05) is 12.8 Å². The predicted molar refractivity (Wildman–Crippen MR) is 78.3 cm³/mol. The smallest absolute Gasteiger partial charge is 0.303 e. The number of carboxylic acid groups (broad SMARTS) is 1. The Morgan fingerprint density at radius 2 is 1.80 bits per heavy atom. The second kappa shape index (κ2) is 8.35. The van der Waals surface area contributed by atoms with E-state index in [9.17, 15) is 9.59 Å². The van der Waals surface area contributed by atoms with Crippen LogP contribution < -0.4 is 5.32 Å². The summed E-state index contributed by atoms with van der Waals surface area (Å²) in [6, 6.07) is 9.87. The Labute approximate surface area is 120 Å². The third-order valence-electron chi connectivity index (χ3n) is 3.04. The van der Waals surface area contributed by atoms with Crippen molar-refractivity contribution < 1.29 is 14.7 Å². The Morgan fingerprint density at radius 3 is 2.35 bits per heavy atom. The van der Waals surface area contributed by atoms with Crippen LogP contribution >= 0.6 is 0 Å². The summed E-state index contributed by atoms with van der Waals surface area (Å²) in [6.07, 6.45) is 1.54. The largest absolute Gasteiger partial charge is 0.481 e. The van der Waals surface area contributed by atoms with Crippen molar-refractivity contribution in [3.8, 4) is 0 Å². The molecular formula is C16H23NO3. The topological polar surface area (TPSA) is 66.4 Å². The van der Waals surface area contributed by atoms with Crippen LogP contribution in [0, 0.1) is 5.92 Å². The fourth-order valence-corrected chi connectivity index (χ4v) is 2.10. The molecule has 0 aromatic heterocycles. The number of benzene rings is 1. The lowest BCUT2D eigenvalue weighted by Crippen LogP contribution is -2.29. The highest BCUT2D eigenvalue weighted by atomic mass is 16.4. The quantitative estimate of drug-likeness (QED) is 0.767. The highest BCUT2D eigenvalue weighted by molar-refractivity contribution is 5.77. The van der Waals surface area contributed by atoms with Gasteiger partial charge in [-0.1, -0.05) is 44.2 Å². The molecule has 0 aliphatic heterocycles. The first-order valence-electron chi connectivity index (χ1n) is 7.05. The average molecular weight is 277 g/mol. The minimum absolute atomic E-state index is 0.00599. The maximum Gasteiger partial charge on any atom is 0.303 e. The van der Waals surface area contributed by atoms with Crippen molar-refractivity contribution in [3.63, 3.8) is 0 Å². The number of hydrogen-bond donors (Lipinski definition) is 2. The standard InChI is InChI=1S/C16H23NO3/c1-12(2)11-14(13-7-4-3-5-8-13)17-15(18)9-6-10-16(19)20/h3-5,7-8,12,14H,6,9-11H2,1-2H3,(H,17,18)(H,19,20). The molecule has 1 aromatic rings. The summed E-state index contributed by atoms with van der Waals surface area (Å²) in [5.41, 5.74) is 1.09. The number of carbonyl (C=O) groups excluding carboxylic acids is 1. The molecule has 110 valence electrons. The minimum Gasteiger partial charge on any atom is -0.481 e. The molecule has 0 bridgehead atoms. The summed E-state index contributed by atoms with van der Waals surface area (Å²) in [6.45, 7) is 4.24. The average Bonchev–Trinajstić information content (AvgIpc) is 2.38.